The van der Waals surface area contributed by atoms with E-state index in [-0.39, 0.29) is 23.7 Å². The first kappa shape index (κ1) is 28.5. The lowest BCUT2D eigenvalue weighted by atomic mass is 9.96. The molecule has 0 saturated heterocycles. The van der Waals surface area contributed by atoms with Crippen molar-refractivity contribution >= 4 is 17.5 Å². The first-order valence-corrected chi connectivity index (χ1v) is 11.2. The average Bonchev–Trinajstić information content (AvgIpc) is 2.78. The van der Waals surface area contributed by atoms with Crippen LogP contribution in [-0.2, 0) is 16.0 Å². The number of benzene rings is 2. The zero-order chi connectivity index (χ0) is 25.7. The molecule has 0 spiro atoms. The molecule has 2 aromatic rings. The average molecular weight is 473 g/mol. The second kappa shape index (κ2) is 14.6. The largest absolute Gasteiger partial charge is 0.344 e. The van der Waals surface area contributed by atoms with Gasteiger partial charge < -0.3 is 10.6 Å². The van der Waals surface area contributed by atoms with Gasteiger partial charge in [0.05, 0.1) is 6.42 Å². The normalized spacial score (nSPS) is 12.5. The third-order valence-electron chi connectivity index (χ3n) is 4.68. The van der Waals surface area contributed by atoms with Gasteiger partial charge in [0.15, 0.2) is 0 Å². The monoisotopic (exact) mass is 472 g/mol. The summed E-state index contributed by atoms with van der Waals surface area (Å²) >= 11 is 0. The summed E-state index contributed by atoms with van der Waals surface area (Å²) in [6.07, 6.45) is 0.472. The van der Waals surface area contributed by atoms with Crippen LogP contribution in [0.1, 0.15) is 58.1 Å². The van der Waals surface area contributed by atoms with Crippen LogP contribution in [0.5, 0.6) is 0 Å². The molecule has 2 amide bonds. The van der Waals surface area contributed by atoms with Gasteiger partial charge in [0.1, 0.15) is 23.5 Å². The van der Waals surface area contributed by atoms with Crippen LogP contribution in [0.2, 0.25) is 0 Å². The van der Waals surface area contributed by atoms with E-state index >= 15 is 0 Å². The Balaban J connectivity index is 0.00000281. The van der Waals surface area contributed by atoms with Gasteiger partial charge in [-0.3, -0.25) is 15.0 Å². The van der Waals surface area contributed by atoms with E-state index in [1.165, 1.54) is 12.5 Å². The van der Waals surface area contributed by atoms with E-state index in [0.29, 0.717) is 0 Å². The summed E-state index contributed by atoms with van der Waals surface area (Å²) in [7, 11) is 0. The maximum Gasteiger partial charge on any atom is 0.247 e. The zero-order valence-electron chi connectivity index (χ0n) is 20.4. The van der Waals surface area contributed by atoms with E-state index in [1.54, 1.807) is 0 Å². The molecule has 1 unspecified atom stereocenters. The van der Waals surface area contributed by atoms with Crippen molar-refractivity contribution in [2.45, 2.75) is 59.4 Å². The predicted octanol–water partition coefficient (Wildman–Crippen LogP) is 4.78. The maximum absolute atomic E-state index is 13.2. The highest BCUT2D eigenvalue weighted by Crippen LogP contribution is 2.18. The van der Waals surface area contributed by atoms with E-state index in [0.717, 1.165) is 30.3 Å². The molecule has 2 atom stereocenters. The van der Waals surface area contributed by atoms with E-state index in [9.17, 15) is 18.4 Å². The topological polar surface area (TPSA) is 82.6 Å². The molecular formula is C26H34F2N4O2. The summed E-state index contributed by atoms with van der Waals surface area (Å²) in [5, 5.41) is 9.23. The molecule has 2 rings (SSSR count). The van der Waals surface area contributed by atoms with Crippen molar-refractivity contribution in [1.29, 1.82) is 0 Å². The second-order valence-corrected chi connectivity index (χ2v) is 7.69. The van der Waals surface area contributed by atoms with Crippen LogP contribution in [0.25, 0.3) is 0 Å². The molecule has 0 aliphatic rings. The van der Waals surface area contributed by atoms with Crippen LogP contribution in [0.3, 0.4) is 0 Å². The molecule has 0 heterocycles. The quantitative estimate of drug-likeness (QED) is 0.344. The lowest BCUT2D eigenvalue weighted by Crippen LogP contribution is -2.46. The minimum absolute atomic E-state index is 0.162. The lowest BCUT2D eigenvalue weighted by molar-refractivity contribution is -0.127. The van der Waals surface area contributed by atoms with Crippen LogP contribution < -0.4 is 16.1 Å². The fourth-order valence-corrected chi connectivity index (χ4v) is 3.09. The Hall–Kier alpha value is -3.55. The zero-order valence-corrected chi connectivity index (χ0v) is 20.4. The lowest BCUT2D eigenvalue weighted by Gasteiger charge is -2.16. The van der Waals surface area contributed by atoms with Crippen LogP contribution >= 0.6 is 0 Å². The van der Waals surface area contributed by atoms with Crippen molar-refractivity contribution in [2.24, 2.45) is 5.10 Å². The standard InChI is InChI=1S/C24H28F2N4O2.C2H6/c1-15(20-8-6-5-7-9-20)10-16(2)29-30-18(4)28-24(32)17(3)27-23(31)13-19-11-21(25)14-22(26)12-19;1-2/h5-9,11-12,14-15,17,30H,4,10,13H2,1-3H3,(H,27,31)(H,28,32);1-2H3/b29-16+;/t15?,17-;/m0./s1. The molecule has 0 fully saturated rings. The first-order chi connectivity index (χ1) is 16.1. The van der Waals surface area contributed by atoms with E-state index in [4.69, 9.17) is 0 Å². The Kier molecular flexibility index (Phi) is 12.2. The minimum Gasteiger partial charge on any atom is -0.344 e. The van der Waals surface area contributed by atoms with Gasteiger partial charge in [0.25, 0.3) is 0 Å². The number of hydrazone groups is 1. The summed E-state index contributed by atoms with van der Waals surface area (Å²) < 4.78 is 26.5. The highest BCUT2D eigenvalue weighted by Gasteiger charge is 2.17. The van der Waals surface area contributed by atoms with Crippen molar-refractivity contribution < 1.29 is 18.4 Å². The summed E-state index contributed by atoms with van der Waals surface area (Å²) in [5.74, 6) is -2.14. The van der Waals surface area contributed by atoms with Gasteiger partial charge in [0, 0.05) is 11.8 Å². The number of amides is 2. The van der Waals surface area contributed by atoms with Crippen molar-refractivity contribution in [3.63, 3.8) is 0 Å². The molecule has 2 aromatic carbocycles. The Morgan fingerprint density at radius 2 is 1.62 bits per heavy atom. The SMILES string of the molecule is C=C(N/N=C(\C)CC(C)c1ccccc1)NC(=O)[C@H](C)NC(=O)Cc1cc(F)cc(F)c1.CC. The Morgan fingerprint density at radius 3 is 2.21 bits per heavy atom. The maximum atomic E-state index is 13.2. The van der Waals surface area contributed by atoms with Gasteiger partial charge >= 0.3 is 0 Å². The molecule has 0 radical (unpaired) electrons. The van der Waals surface area contributed by atoms with Crippen molar-refractivity contribution in [1.82, 2.24) is 16.1 Å². The highest BCUT2D eigenvalue weighted by atomic mass is 19.1. The number of carbonyl (C=O) groups excluding carboxylic acids is 2. The molecule has 0 aromatic heterocycles. The number of rotatable bonds is 10. The second-order valence-electron chi connectivity index (χ2n) is 7.69. The van der Waals surface area contributed by atoms with Crippen molar-refractivity contribution in [3.05, 3.63) is 83.7 Å². The van der Waals surface area contributed by atoms with E-state index < -0.39 is 29.5 Å². The van der Waals surface area contributed by atoms with Crippen LogP contribution in [0.4, 0.5) is 8.78 Å². The fraction of sp³-hybridized carbons (Fsp3) is 0.346. The summed E-state index contributed by atoms with van der Waals surface area (Å²) in [6, 6.07) is 12.0. The van der Waals surface area contributed by atoms with Crippen LogP contribution in [0.15, 0.2) is 66.0 Å². The number of nitrogens with one attached hydrogen (secondary N) is 3. The molecule has 0 aliphatic carbocycles. The molecule has 34 heavy (non-hydrogen) atoms. The number of carbonyl (C=O) groups is 2. The van der Waals surface area contributed by atoms with Gasteiger partial charge in [-0.15, -0.1) is 0 Å². The smallest absolute Gasteiger partial charge is 0.247 e. The first-order valence-electron chi connectivity index (χ1n) is 11.2. The fourth-order valence-electron chi connectivity index (χ4n) is 3.09. The van der Waals surface area contributed by atoms with Gasteiger partial charge in [0.2, 0.25) is 11.8 Å². The number of nitrogens with zero attached hydrogens (tertiary/aromatic N) is 1. The van der Waals surface area contributed by atoms with E-state index in [1.807, 2.05) is 39.0 Å². The number of halogens is 2. The summed E-state index contributed by atoms with van der Waals surface area (Å²) in [5.41, 5.74) is 4.91. The van der Waals surface area contributed by atoms with Gasteiger partial charge in [-0.25, -0.2) is 8.78 Å². The molecular weight excluding hydrogens is 438 g/mol. The van der Waals surface area contributed by atoms with Gasteiger partial charge in [-0.2, -0.15) is 5.10 Å². The number of hydrogen-bond donors (Lipinski definition) is 3. The molecule has 3 N–H and O–H groups in total. The predicted molar refractivity (Wildman–Crippen MR) is 132 cm³/mol. The van der Waals surface area contributed by atoms with Crippen LogP contribution in [0, 0.1) is 11.6 Å². The Bertz CT molecular complexity index is 973. The molecule has 0 bridgehead atoms. The molecule has 8 heteroatoms. The highest BCUT2D eigenvalue weighted by molar-refractivity contribution is 5.89. The van der Waals surface area contributed by atoms with E-state index in [2.05, 4.69) is 46.8 Å². The summed E-state index contributed by atoms with van der Waals surface area (Å²) in [4.78, 5) is 24.3. The van der Waals surface area contributed by atoms with Crippen molar-refractivity contribution in [2.75, 3.05) is 0 Å². The van der Waals surface area contributed by atoms with Gasteiger partial charge in [-0.05, 0) is 49.4 Å². The Morgan fingerprint density at radius 1 is 1.03 bits per heavy atom. The Labute approximate surface area is 200 Å². The van der Waals surface area contributed by atoms with Crippen molar-refractivity contribution in [3.8, 4) is 0 Å². The van der Waals surface area contributed by atoms with Crippen LogP contribution in [-0.4, -0.2) is 23.6 Å². The summed E-state index contributed by atoms with van der Waals surface area (Å²) in [6.45, 7) is 13.2. The molecule has 6 nitrogen and oxygen atoms in total. The number of hydrogen-bond acceptors (Lipinski definition) is 4. The third-order valence-corrected chi connectivity index (χ3v) is 4.68. The molecule has 0 aliphatic heterocycles. The molecule has 0 saturated carbocycles. The third kappa shape index (κ3) is 10.4. The van der Waals surface area contributed by atoms with Gasteiger partial charge in [-0.1, -0.05) is 57.7 Å². The molecule has 184 valence electrons. The minimum atomic E-state index is -0.886.